The molecule has 2 bridgehead atoms. The molecular formula is C16H17NO2. The Kier molecular flexibility index (Phi) is 2.25. The number of benzene rings is 1. The van der Waals surface area contributed by atoms with Gasteiger partial charge in [-0.25, -0.2) is 4.79 Å². The molecule has 1 aromatic carbocycles. The molecule has 3 heteroatoms. The molecule has 1 heterocycles. The van der Waals surface area contributed by atoms with Gasteiger partial charge < -0.3 is 4.74 Å². The molecule has 1 saturated carbocycles. The number of hydrogen-bond donors (Lipinski definition) is 0. The molecule has 1 aromatic rings. The largest absolute Gasteiger partial charge is 0.452 e. The number of carbonyl (C=O) groups excluding carboxylic acids is 1. The Morgan fingerprint density at radius 3 is 2.68 bits per heavy atom. The fourth-order valence-corrected chi connectivity index (χ4v) is 4.20. The molecule has 1 fully saturated rings. The maximum absolute atomic E-state index is 12.2. The lowest BCUT2D eigenvalue weighted by atomic mass is 9.65. The van der Waals surface area contributed by atoms with E-state index in [1.807, 2.05) is 17.0 Å². The fourth-order valence-electron chi connectivity index (χ4n) is 4.20. The van der Waals surface area contributed by atoms with Crippen LogP contribution in [-0.2, 0) is 4.74 Å². The summed E-state index contributed by atoms with van der Waals surface area (Å²) in [7, 11) is 1.47. The highest BCUT2D eigenvalue weighted by Crippen LogP contribution is 2.55. The number of allylic oxidation sites excluding steroid dienone is 1. The molecule has 1 amide bonds. The highest BCUT2D eigenvalue weighted by Gasteiger charge is 2.51. The van der Waals surface area contributed by atoms with Gasteiger partial charge in [-0.05, 0) is 36.3 Å². The molecule has 0 spiro atoms. The molecule has 0 saturated heterocycles. The molecule has 3 nitrogen and oxygen atoms in total. The number of anilines is 1. The van der Waals surface area contributed by atoms with Crippen LogP contribution in [-0.4, -0.2) is 19.2 Å². The van der Waals surface area contributed by atoms with Gasteiger partial charge in [-0.1, -0.05) is 30.4 Å². The van der Waals surface area contributed by atoms with E-state index in [-0.39, 0.29) is 12.1 Å². The first-order valence-corrected chi connectivity index (χ1v) is 6.95. The van der Waals surface area contributed by atoms with E-state index >= 15 is 0 Å². The highest BCUT2D eigenvalue weighted by atomic mass is 16.5. The summed E-state index contributed by atoms with van der Waals surface area (Å²) in [6.07, 6.45) is 6.86. The van der Waals surface area contributed by atoms with Crippen molar-refractivity contribution in [2.45, 2.75) is 24.8 Å². The summed E-state index contributed by atoms with van der Waals surface area (Å²) >= 11 is 0. The number of rotatable bonds is 0. The van der Waals surface area contributed by atoms with Crippen molar-refractivity contribution in [3.63, 3.8) is 0 Å². The molecule has 19 heavy (non-hydrogen) atoms. The zero-order valence-electron chi connectivity index (χ0n) is 11.0. The monoisotopic (exact) mass is 255 g/mol. The predicted octanol–water partition coefficient (Wildman–Crippen LogP) is 3.32. The van der Waals surface area contributed by atoms with Crippen molar-refractivity contribution in [2.24, 2.45) is 11.8 Å². The van der Waals surface area contributed by atoms with E-state index < -0.39 is 0 Å². The van der Waals surface area contributed by atoms with Gasteiger partial charge >= 0.3 is 6.09 Å². The Morgan fingerprint density at radius 1 is 1.21 bits per heavy atom. The third kappa shape index (κ3) is 1.36. The van der Waals surface area contributed by atoms with Crippen LogP contribution in [0.15, 0.2) is 36.4 Å². The van der Waals surface area contributed by atoms with E-state index in [2.05, 4.69) is 24.3 Å². The molecule has 4 atom stereocenters. The Balaban J connectivity index is 1.88. The van der Waals surface area contributed by atoms with Gasteiger partial charge in [0.15, 0.2) is 0 Å². The van der Waals surface area contributed by atoms with Crippen molar-refractivity contribution in [1.29, 1.82) is 0 Å². The quantitative estimate of drug-likeness (QED) is 0.665. The maximum atomic E-state index is 12.2. The summed E-state index contributed by atoms with van der Waals surface area (Å²) < 4.78 is 5.01. The minimum Gasteiger partial charge on any atom is -0.452 e. The van der Waals surface area contributed by atoms with Crippen molar-refractivity contribution in [2.75, 3.05) is 12.0 Å². The second-order valence-electron chi connectivity index (χ2n) is 5.71. The van der Waals surface area contributed by atoms with Crippen LogP contribution in [0.1, 0.15) is 24.3 Å². The molecule has 1 aliphatic heterocycles. The number of nitrogens with zero attached hydrogens (tertiary/aromatic N) is 1. The van der Waals surface area contributed by atoms with Gasteiger partial charge in [-0.15, -0.1) is 0 Å². The first-order valence-electron chi connectivity index (χ1n) is 6.95. The summed E-state index contributed by atoms with van der Waals surface area (Å²) in [6.45, 7) is 0. The number of ether oxygens (including phenoxy) is 1. The molecule has 4 aliphatic rings. The third-order valence-corrected chi connectivity index (χ3v) is 4.93. The number of amides is 1. The molecule has 0 N–H and O–H groups in total. The Morgan fingerprint density at radius 2 is 1.95 bits per heavy atom. The van der Waals surface area contributed by atoms with Crippen molar-refractivity contribution < 1.29 is 9.53 Å². The van der Waals surface area contributed by atoms with Crippen molar-refractivity contribution in [3.8, 4) is 0 Å². The van der Waals surface area contributed by atoms with Crippen LogP contribution in [0.2, 0.25) is 0 Å². The number of hydrogen-bond acceptors (Lipinski definition) is 2. The van der Waals surface area contributed by atoms with Crippen molar-refractivity contribution >= 4 is 11.8 Å². The predicted molar refractivity (Wildman–Crippen MR) is 73.2 cm³/mol. The number of methoxy groups -OCH3 is 1. The lowest BCUT2D eigenvalue weighted by molar-refractivity contribution is 0.165. The van der Waals surface area contributed by atoms with Gasteiger partial charge in [-0.2, -0.15) is 0 Å². The minimum atomic E-state index is -0.221. The Hall–Kier alpha value is -1.77. The zero-order chi connectivity index (χ0) is 13.0. The van der Waals surface area contributed by atoms with Gasteiger partial charge in [-0.3, -0.25) is 4.90 Å². The van der Waals surface area contributed by atoms with Gasteiger partial charge in [0.05, 0.1) is 18.8 Å². The lowest BCUT2D eigenvalue weighted by Gasteiger charge is -2.44. The van der Waals surface area contributed by atoms with E-state index in [0.717, 1.165) is 5.69 Å². The number of para-hydroxylation sites is 1. The van der Waals surface area contributed by atoms with Crippen molar-refractivity contribution in [3.05, 3.63) is 42.0 Å². The lowest BCUT2D eigenvalue weighted by Crippen LogP contribution is -2.48. The molecule has 0 aromatic heterocycles. The van der Waals surface area contributed by atoms with Crippen LogP contribution in [0.5, 0.6) is 0 Å². The second-order valence-corrected chi connectivity index (χ2v) is 5.71. The first kappa shape index (κ1) is 11.1. The summed E-state index contributed by atoms with van der Waals surface area (Å²) in [5.74, 6) is 1.51. The standard InChI is InChI=1S/C16H17NO2/c1-19-16(18)17-13-5-3-2-4-12(13)14-10-6-8-11(9-7-10)15(14)17/h2-6,8,10-11,14-15H,7,9H2,1H3/t10-,11+,14?,15?/m1/s1. The SMILES string of the molecule is COC(=O)N1c2ccccc2C2C1[C@H]1C=C[C@@H]2CC1. The van der Waals surface area contributed by atoms with Gasteiger partial charge in [0.1, 0.15) is 0 Å². The number of carbonyl (C=O) groups is 1. The van der Waals surface area contributed by atoms with Gasteiger partial charge in [0, 0.05) is 5.92 Å². The van der Waals surface area contributed by atoms with Crippen molar-refractivity contribution in [1.82, 2.24) is 0 Å². The summed E-state index contributed by atoms with van der Waals surface area (Å²) in [6, 6.07) is 8.55. The topological polar surface area (TPSA) is 29.5 Å². The molecular weight excluding hydrogens is 238 g/mol. The van der Waals surface area contributed by atoms with Crippen LogP contribution >= 0.6 is 0 Å². The molecule has 2 unspecified atom stereocenters. The zero-order valence-corrected chi connectivity index (χ0v) is 11.0. The van der Waals surface area contributed by atoms with Crippen LogP contribution in [0.4, 0.5) is 10.5 Å². The average molecular weight is 255 g/mol. The molecule has 5 rings (SSSR count). The number of fused-ring (bicyclic) bond motifs is 2. The summed E-state index contributed by atoms with van der Waals surface area (Å²) in [4.78, 5) is 14.1. The third-order valence-electron chi connectivity index (χ3n) is 4.93. The summed E-state index contributed by atoms with van der Waals surface area (Å²) in [5.41, 5.74) is 2.36. The van der Waals surface area contributed by atoms with E-state index in [4.69, 9.17) is 4.74 Å². The van der Waals surface area contributed by atoms with Crippen LogP contribution in [0.25, 0.3) is 0 Å². The highest BCUT2D eigenvalue weighted by molar-refractivity contribution is 5.92. The maximum Gasteiger partial charge on any atom is 0.414 e. The van der Waals surface area contributed by atoms with Gasteiger partial charge in [0.2, 0.25) is 0 Å². The Labute approximate surface area is 112 Å². The normalized spacial score (nSPS) is 34.1. The van der Waals surface area contributed by atoms with E-state index in [1.54, 1.807) is 0 Å². The minimum absolute atomic E-state index is 0.221. The van der Waals surface area contributed by atoms with E-state index in [0.29, 0.717) is 17.8 Å². The fraction of sp³-hybridized carbons (Fsp3) is 0.438. The second kappa shape index (κ2) is 3.86. The van der Waals surface area contributed by atoms with Crippen LogP contribution in [0, 0.1) is 11.8 Å². The van der Waals surface area contributed by atoms with Crippen LogP contribution in [0.3, 0.4) is 0 Å². The summed E-state index contributed by atoms with van der Waals surface area (Å²) in [5, 5.41) is 0. The smallest absolute Gasteiger partial charge is 0.414 e. The first-order chi connectivity index (χ1) is 9.31. The average Bonchev–Trinajstić information content (AvgIpc) is 2.85. The van der Waals surface area contributed by atoms with Gasteiger partial charge in [0.25, 0.3) is 0 Å². The van der Waals surface area contributed by atoms with E-state index in [9.17, 15) is 4.79 Å². The molecule has 98 valence electrons. The van der Waals surface area contributed by atoms with Crippen LogP contribution < -0.4 is 4.90 Å². The molecule has 0 radical (unpaired) electrons. The Bertz CT molecular complexity index is 566. The van der Waals surface area contributed by atoms with E-state index in [1.165, 1.54) is 25.5 Å². The molecule has 3 aliphatic carbocycles.